The summed E-state index contributed by atoms with van der Waals surface area (Å²) in [6, 6.07) is 18.6. The molecule has 0 atom stereocenters. The van der Waals surface area contributed by atoms with Crippen LogP contribution in [0.15, 0.2) is 65.1 Å². The van der Waals surface area contributed by atoms with Gasteiger partial charge >= 0.3 is 0 Å². The van der Waals surface area contributed by atoms with Gasteiger partial charge in [0, 0.05) is 21.8 Å². The highest BCUT2D eigenvalue weighted by Gasteiger charge is 2.16. The first-order valence-corrected chi connectivity index (χ1v) is 8.15. The van der Waals surface area contributed by atoms with Crippen LogP contribution in [0, 0.1) is 0 Å². The van der Waals surface area contributed by atoms with E-state index in [0.717, 1.165) is 21.9 Å². The first kappa shape index (κ1) is 16.0. The molecule has 0 aliphatic carbocycles. The highest BCUT2D eigenvalue weighted by Crippen LogP contribution is 2.32. The highest BCUT2D eigenvalue weighted by atomic mass is 16.5. The smallest absolute Gasteiger partial charge is 0.291 e. The van der Waals surface area contributed by atoms with Crippen LogP contribution in [0.3, 0.4) is 0 Å². The average molecular weight is 347 g/mol. The molecule has 0 fully saturated rings. The lowest BCUT2D eigenvalue weighted by Gasteiger charge is -2.11. The molecule has 0 radical (unpaired) electrons. The number of benzene rings is 3. The van der Waals surface area contributed by atoms with Gasteiger partial charge in [-0.05, 0) is 24.3 Å². The molecule has 1 N–H and O–H groups in total. The molecule has 1 heterocycles. The summed E-state index contributed by atoms with van der Waals surface area (Å²) in [7, 11) is 3.20. The Labute approximate surface area is 150 Å². The van der Waals surface area contributed by atoms with E-state index >= 15 is 0 Å². The maximum Gasteiger partial charge on any atom is 0.291 e. The molecule has 0 saturated carbocycles. The number of fused-ring (bicyclic) bond motifs is 2. The zero-order valence-corrected chi connectivity index (χ0v) is 14.4. The van der Waals surface area contributed by atoms with Crippen molar-refractivity contribution in [2.24, 2.45) is 0 Å². The third kappa shape index (κ3) is 2.63. The van der Waals surface area contributed by atoms with Crippen LogP contribution >= 0.6 is 0 Å². The van der Waals surface area contributed by atoms with Gasteiger partial charge in [0.25, 0.3) is 5.91 Å². The number of para-hydroxylation sites is 1. The summed E-state index contributed by atoms with van der Waals surface area (Å²) in [5.41, 5.74) is 1.25. The monoisotopic (exact) mass is 347 g/mol. The number of carbonyl (C=O) groups excluding carboxylic acids is 1. The molecule has 0 saturated heterocycles. The summed E-state index contributed by atoms with van der Waals surface area (Å²) in [5.74, 6) is 1.26. The number of anilines is 1. The molecule has 3 aromatic carbocycles. The number of carbonyl (C=O) groups is 1. The predicted octanol–water partition coefficient (Wildman–Crippen LogP) is 4.86. The quantitative estimate of drug-likeness (QED) is 0.573. The SMILES string of the molecule is COc1ccc(NC(=O)c2cc3cccc(OC)c3o2)c2ccccc12. The summed E-state index contributed by atoms with van der Waals surface area (Å²) in [4.78, 5) is 12.7. The van der Waals surface area contributed by atoms with E-state index in [1.54, 1.807) is 26.4 Å². The zero-order valence-electron chi connectivity index (χ0n) is 14.4. The van der Waals surface area contributed by atoms with Gasteiger partial charge in [0.2, 0.25) is 0 Å². The van der Waals surface area contributed by atoms with E-state index in [4.69, 9.17) is 13.9 Å². The number of ether oxygens (including phenoxy) is 2. The summed E-state index contributed by atoms with van der Waals surface area (Å²) in [5, 5.41) is 5.56. The fourth-order valence-electron chi connectivity index (χ4n) is 3.05. The molecule has 0 aliphatic heterocycles. The van der Waals surface area contributed by atoms with Crippen LogP contribution < -0.4 is 14.8 Å². The van der Waals surface area contributed by atoms with Crippen LogP contribution in [0.4, 0.5) is 5.69 Å². The van der Waals surface area contributed by atoms with Crippen molar-refractivity contribution in [3.05, 3.63) is 66.4 Å². The van der Waals surface area contributed by atoms with Crippen LogP contribution in [0.1, 0.15) is 10.6 Å². The van der Waals surface area contributed by atoms with Gasteiger partial charge in [-0.1, -0.05) is 36.4 Å². The summed E-state index contributed by atoms with van der Waals surface area (Å²) >= 11 is 0. The van der Waals surface area contributed by atoms with Crippen molar-refractivity contribution in [2.75, 3.05) is 19.5 Å². The number of nitrogens with one attached hydrogen (secondary N) is 1. The third-order valence-electron chi connectivity index (χ3n) is 4.30. The molecule has 130 valence electrons. The fourth-order valence-corrected chi connectivity index (χ4v) is 3.05. The molecule has 5 heteroatoms. The molecule has 0 bridgehead atoms. The van der Waals surface area contributed by atoms with Crippen molar-refractivity contribution in [3.63, 3.8) is 0 Å². The second-order valence-corrected chi connectivity index (χ2v) is 5.80. The Kier molecular flexibility index (Phi) is 3.97. The van der Waals surface area contributed by atoms with Crippen LogP contribution in [0.5, 0.6) is 11.5 Å². The highest BCUT2D eigenvalue weighted by molar-refractivity contribution is 6.10. The van der Waals surface area contributed by atoms with Gasteiger partial charge in [0.05, 0.1) is 14.2 Å². The predicted molar refractivity (Wildman–Crippen MR) is 101 cm³/mol. The number of furan rings is 1. The largest absolute Gasteiger partial charge is 0.496 e. The van der Waals surface area contributed by atoms with E-state index in [1.807, 2.05) is 48.5 Å². The summed E-state index contributed by atoms with van der Waals surface area (Å²) < 4.78 is 16.4. The molecule has 0 spiro atoms. The Bertz CT molecular complexity index is 1110. The maximum absolute atomic E-state index is 12.7. The minimum Gasteiger partial charge on any atom is -0.496 e. The topological polar surface area (TPSA) is 60.7 Å². The second-order valence-electron chi connectivity index (χ2n) is 5.80. The van der Waals surface area contributed by atoms with Crippen molar-refractivity contribution in [3.8, 4) is 11.5 Å². The Hall–Kier alpha value is -3.47. The Morgan fingerprint density at radius 2 is 1.65 bits per heavy atom. The molecule has 1 amide bonds. The average Bonchev–Trinajstić information content (AvgIpc) is 3.12. The molecule has 1 aromatic heterocycles. The summed E-state index contributed by atoms with van der Waals surface area (Å²) in [6.07, 6.45) is 0. The molecule has 0 aliphatic rings. The molecule has 4 aromatic rings. The van der Waals surface area contributed by atoms with Crippen molar-refractivity contribution in [1.29, 1.82) is 0 Å². The number of hydrogen-bond donors (Lipinski definition) is 1. The van der Waals surface area contributed by atoms with E-state index in [1.165, 1.54) is 0 Å². The number of hydrogen-bond acceptors (Lipinski definition) is 4. The van der Waals surface area contributed by atoms with Gasteiger partial charge in [0.15, 0.2) is 17.1 Å². The van der Waals surface area contributed by atoms with E-state index in [9.17, 15) is 4.79 Å². The van der Waals surface area contributed by atoms with Crippen molar-refractivity contribution in [1.82, 2.24) is 0 Å². The van der Waals surface area contributed by atoms with E-state index < -0.39 is 0 Å². The lowest BCUT2D eigenvalue weighted by atomic mass is 10.1. The number of rotatable bonds is 4. The molecule has 5 nitrogen and oxygen atoms in total. The van der Waals surface area contributed by atoms with Crippen molar-refractivity contribution < 1.29 is 18.7 Å². The van der Waals surface area contributed by atoms with E-state index in [-0.39, 0.29) is 11.7 Å². The second kappa shape index (κ2) is 6.44. The fraction of sp³-hybridized carbons (Fsp3) is 0.0952. The van der Waals surface area contributed by atoms with Crippen LogP contribution in [0.2, 0.25) is 0 Å². The lowest BCUT2D eigenvalue weighted by Crippen LogP contribution is -2.11. The molecule has 26 heavy (non-hydrogen) atoms. The maximum atomic E-state index is 12.7. The molecule has 4 rings (SSSR count). The van der Waals surface area contributed by atoms with Gasteiger partial charge in [-0.15, -0.1) is 0 Å². The third-order valence-corrected chi connectivity index (χ3v) is 4.30. The van der Waals surface area contributed by atoms with Gasteiger partial charge in [0.1, 0.15) is 5.75 Å². The first-order valence-electron chi connectivity index (χ1n) is 8.15. The lowest BCUT2D eigenvalue weighted by molar-refractivity contribution is 0.0998. The zero-order chi connectivity index (χ0) is 18.1. The van der Waals surface area contributed by atoms with E-state index in [2.05, 4.69) is 5.32 Å². The molecular weight excluding hydrogens is 330 g/mol. The van der Waals surface area contributed by atoms with Crippen LogP contribution in [-0.4, -0.2) is 20.1 Å². The number of methoxy groups -OCH3 is 2. The number of amides is 1. The van der Waals surface area contributed by atoms with Gasteiger partial charge < -0.3 is 19.2 Å². The Balaban J connectivity index is 1.72. The van der Waals surface area contributed by atoms with E-state index in [0.29, 0.717) is 17.0 Å². The first-order chi connectivity index (χ1) is 12.7. The van der Waals surface area contributed by atoms with Crippen molar-refractivity contribution in [2.45, 2.75) is 0 Å². The molecule has 0 unspecified atom stereocenters. The standard InChI is InChI=1S/C21H17NO4/c1-24-17-11-10-16(14-7-3-4-8-15(14)17)22-21(23)19-12-13-6-5-9-18(25-2)20(13)26-19/h3-12H,1-2H3,(H,22,23). The van der Waals surface area contributed by atoms with Gasteiger partial charge in [-0.2, -0.15) is 0 Å². The Morgan fingerprint density at radius 3 is 2.42 bits per heavy atom. The van der Waals surface area contributed by atoms with Crippen molar-refractivity contribution >= 4 is 33.3 Å². The summed E-state index contributed by atoms with van der Waals surface area (Å²) in [6.45, 7) is 0. The Morgan fingerprint density at radius 1 is 0.885 bits per heavy atom. The minimum atomic E-state index is -0.321. The minimum absolute atomic E-state index is 0.226. The van der Waals surface area contributed by atoms with Crippen LogP contribution in [0.25, 0.3) is 21.7 Å². The van der Waals surface area contributed by atoms with Gasteiger partial charge in [-0.25, -0.2) is 0 Å². The van der Waals surface area contributed by atoms with Crippen LogP contribution in [-0.2, 0) is 0 Å². The molecular formula is C21H17NO4. The van der Waals surface area contributed by atoms with Gasteiger partial charge in [-0.3, -0.25) is 4.79 Å². The normalized spacial score (nSPS) is 10.8.